The average Bonchev–Trinajstić information content (AvgIpc) is 2.72. The van der Waals surface area contributed by atoms with E-state index in [1.807, 2.05) is 49.5 Å². The number of Topliss-reactive ketones (excluding diaryl/α,β-unsaturated/α-hetero) is 1. The van der Waals surface area contributed by atoms with E-state index >= 15 is 0 Å². The van der Waals surface area contributed by atoms with Gasteiger partial charge in [-0.05, 0) is 55.0 Å². The van der Waals surface area contributed by atoms with Gasteiger partial charge >= 0.3 is 0 Å². The Morgan fingerprint density at radius 2 is 1.70 bits per heavy atom. The van der Waals surface area contributed by atoms with Gasteiger partial charge in [0.1, 0.15) is 0 Å². The fourth-order valence-electron chi connectivity index (χ4n) is 3.54. The Kier molecular flexibility index (Phi) is 6.64. The molecule has 1 N–H and O–H groups in total. The zero-order chi connectivity index (χ0) is 19.1. The molecule has 0 saturated carbocycles. The largest absolute Gasteiger partial charge is 0.373 e. The molecular formula is C23H28N2O2. The van der Waals surface area contributed by atoms with Gasteiger partial charge in [-0.15, -0.1) is 0 Å². The number of amides is 1. The summed E-state index contributed by atoms with van der Waals surface area (Å²) in [5.41, 5.74) is 4.54. The summed E-state index contributed by atoms with van der Waals surface area (Å²) in [7, 11) is 2.00. The van der Waals surface area contributed by atoms with Crippen molar-refractivity contribution in [1.29, 1.82) is 0 Å². The number of hydrogen-bond acceptors (Lipinski definition) is 3. The normalized spacial score (nSPS) is 12.9. The van der Waals surface area contributed by atoms with Gasteiger partial charge in [0.15, 0.2) is 5.78 Å². The predicted molar refractivity (Wildman–Crippen MR) is 109 cm³/mol. The fourth-order valence-corrected chi connectivity index (χ4v) is 3.54. The van der Waals surface area contributed by atoms with Gasteiger partial charge in [0.05, 0.1) is 0 Å². The molecular weight excluding hydrogens is 336 g/mol. The number of nitrogens with one attached hydrogen (secondary N) is 1. The molecule has 2 aromatic carbocycles. The molecule has 1 aliphatic carbocycles. The SMILES string of the molecule is CN(CCNC(=O)CCC(=O)c1ccc2c(c1)CCCC2)c1ccccc1. The smallest absolute Gasteiger partial charge is 0.220 e. The second kappa shape index (κ2) is 9.36. The van der Waals surface area contributed by atoms with Crippen LogP contribution in [0.4, 0.5) is 5.69 Å². The van der Waals surface area contributed by atoms with Crippen molar-refractivity contribution in [3.63, 3.8) is 0 Å². The quantitative estimate of drug-likeness (QED) is 0.725. The molecule has 27 heavy (non-hydrogen) atoms. The number of anilines is 1. The third-order valence-corrected chi connectivity index (χ3v) is 5.22. The Labute approximate surface area is 161 Å². The Hall–Kier alpha value is -2.62. The molecule has 0 aromatic heterocycles. The molecule has 4 heteroatoms. The second-order valence-corrected chi connectivity index (χ2v) is 7.22. The van der Waals surface area contributed by atoms with Crippen molar-refractivity contribution < 1.29 is 9.59 Å². The van der Waals surface area contributed by atoms with E-state index in [1.54, 1.807) is 0 Å². The van der Waals surface area contributed by atoms with Crippen molar-refractivity contribution in [2.45, 2.75) is 38.5 Å². The van der Waals surface area contributed by atoms with Crippen LogP contribution >= 0.6 is 0 Å². The minimum atomic E-state index is -0.0669. The predicted octanol–water partition coefficient (Wildman–Crippen LogP) is 3.78. The number of para-hydroxylation sites is 1. The highest BCUT2D eigenvalue weighted by Gasteiger charge is 2.14. The van der Waals surface area contributed by atoms with Gasteiger partial charge in [0.2, 0.25) is 5.91 Å². The number of rotatable bonds is 8. The van der Waals surface area contributed by atoms with Crippen molar-refractivity contribution in [3.05, 3.63) is 65.2 Å². The van der Waals surface area contributed by atoms with E-state index in [2.05, 4.69) is 16.3 Å². The molecule has 142 valence electrons. The monoisotopic (exact) mass is 364 g/mol. The molecule has 1 amide bonds. The minimum Gasteiger partial charge on any atom is -0.373 e. The third-order valence-electron chi connectivity index (χ3n) is 5.22. The van der Waals surface area contributed by atoms with E-state index in [9.17, 15) is 9.59 Å². The van der Waals surface area contributed by atoms with Crippen LogP contribution in [0.3, 0.4) is 0 Å². The van der Waals surface area contributed by atoms with Crippen molar-refractivity contribution >= 4 is 17.4 Å². The van der Waals surface area contributed by atoms with Crippen LogP contribution in [0.5, 0.6) is 0 Å². The molecule has 0 heterocycles. The topological polar surface area (TPSA) is 49.4 Å². The zero-order valence-corrected chi connectivity index (χ0v) is 16.0. The van der Waals surface area contributed by atoms with Crippen LogP contribution in [0.1, 0.15) is 47.2 Å². The summed E-state index contributed by atoms with van der Waals surface area (Å²) >= 11 is 0. The molecule has 2 aromatic rings. The first kappa shape index (κ1) is 19.2. The second-order valence-electron chi connectivity index (χ2n) is 7.22. The van der Waals surface area contributed by atoms with Crippen LogP contribution in [0.2, 0.25) is 0 Å². The van der Waals surface area contributed by atoms with Gasteiger partial charge in [-0.1, -0.05) is 30.3 Å². The number of carbonyl (C=O) groups is 2. The van der Waals surface area contributed by atoms with Gasteiger partial charge in [-0.3, -0.25) is 9.59 Å². The van der Waals surface area contributed by atoms with Crippen molar-refractivity contribution in [1.82, 2.24) is 5.32 Å². The number of fused-ring (bicyclic) bond motifs is 1. The molecule has 0 spiro atoms. The number of likely N-dealkylation sites (N-methyl/N-ethyl adjacent to an activating group) is 1. The average molecular weight is 364 g/mol. The highest BCUT2D eigenvalue weighted by molar-refractivity contribution is 5.98. The first-order chi connectivity index (χ1) is 13.1. The fraction of sp³-hybridized carbons (Fsp3) is 0.391. The number of ketones is 1. The molecule has 3 rings (SSSR count). The number of aryl methyl sites for hydroxylation is 2. The maximum atomic E-state index is 12.4. The lowest BCUT2D eigenvalue weighted by Crippen LogP contribution is -2.33. The molecule has 0 atom stereocenters. The van der Waals surface area contributed by atoms with E-state index in [-0.39, 0.29) is 24.5 Å². The minimum absolute atomic E-state index is 0.0555. The number of nitrogens with zero attached hydrogens (tertiary/aromatic N) is 1. The van der Waals surface area contributed by atoms with Gasteiger partial charge in [0.25, 0.3) is 0 Å². The first-order valence-corrected chi connectivity index (χ1v) is 9.81. The number of carbonyl (C=O) groups excluding carboxylic acids is 2. The van der Waals surface area contributed by atoms with E-state index < -0.39 is 0 Å². The first-order valence-electron chi connectivity index (χ1n) is 9.81. The molecule has 0 saturated heterocycles. The summed E-state index contributed by atoms with van der Waals surface area (Å²) in [6.07, 6.45) is 5.12. The Morgan fingerprint density at radius 1 is 0.963 bits per heavy atom. The molecule has 0 unspecified atom stereocenters. The maximum Gasteiger partial charge on any atom is 0.220 e. The van der Waals surface area contributed by atoms with E-state index in [1.165, 1.54) is 24.0 Å². The van der Waals surface area contributed by atoms with Crippen LogP contribution in [0, 0.1) is 0 Å². The van der Waals surface area contributed by atoms with Crippen molar-refractivity contribution in [3.8, 4) is 0 Å². The number of benzene rings is 2. The van der Waals surface area contributed by atoms with Crippen LogP contribution in [-0.4, -0.2) is 31.8 Å². The summed E-state index contributed by atoms with van der Waals surface area (Å²) in [5.74, 6) is -0.0114. The van der Waals surface area contributed by atoms with Crippen LogP contribution in [-0.2, 0) is 17.6 Å². The van der Waals surface area contributed by atoms with Crippen LogP contribution in [0.15, 0.2) is 48.5 Å². The van der Waals surface area contributed by atoms with E-state index in [4.69, 9.17) is 0 Å². The highest BCUT2D eigenvalue weighted by Crippen LogP contribution is 2.23. The molecule has 0 fully saturated rings. The Balaban J connectivity index is 1.40. The van der Waals surface area contributed by atoms with Crippen LogP contribution in [0.25, 0.3) is 0 Å². The molecule has 0 bridgehead atoms. The molecule has 4 nitrogen and oxygen atoms in total. The summed E-state index contributed by atoms with van der Waals surface area (Å²) < 4.78 is 0. The lowest BCUT2D eigenvalue weighted by molar-refractivity contribution is -0.121. The van der Waals surface area contributed by atoms with Gasteiger partial charge in [0, 0.05) is 44.2 Å². The standard InChI is InChI=1S/C23H28N2O2/c1-25(21-9-3-2-4-10-21)16-15-24-23(27)14-13-22(26)20-12-11-18-7-5-6-8-19(18)17-20/h2-4,9-12,17H,5-8,13-16H2,1H3,(H,24,27). The lowest BCUT2D eigenvalue weighted by atomic mass is 9.89. The third kappa shape index (κ3) is 5.43. The molecule has 0 aliphatic heterocycles. The summed E-state index contributed by atoms with van der Waals surface area (Å²) in [5, 5.41) is 2.91. The van der Waals surface area contributed by atoms with E-state index in [0.717, 1.165) is 30.6 Å². The van der Waals surface area contributed by atoms with Gasteiger partial charge in [-0.2, -0.15) is 0 Å². The number of hydrogen-bond donors (Lipinski definition) is 1. The van der Waals surface area contributed by atoms with Crippen LogP contribution < -0.4 is 10.2 Å². The van der Waals surface area contributed by atoms with E-state index in [0.29, 0.717) is 6.54 Å². The summed E-state index contributed by atoms with van der Waals surface area (Å²) in [4.78, 5) is 26.6. The zero-order valence-electron chi connectivity index (χ0n) is 16.0. The Morgan fingerprint density at radius 3 is 2.48 bits per heavy atom. The van der Waals surface area contributed by atoms with Crippen molar-refractivity contribution in [2.24, 2.45) is 0 Å². The van der Waals surface area contributed by atoms with Gasteiger partial charge < -0.3 is 10.2 Å². The maximum absolute atomic E-state index is 12.4. The van der Waals surface area contributed by atoms with Gasteiger partial charge in [-0.25, -0.2) is 0 Å². The van der Waals surface area contributed by atoms with Crippen molar-refractivity contribution in [2.75, 3.05) is 25.0 Å². The highest BCUT2D eigenvalue weighted by atomic mass is 16.2. The summed E-state index contributed by atoms with van der Waals surface area (Å²) in [6.45, 7) is 1.30. The Bertz CT molecular complexity index is 786. The lowest BCUT2D eigenvalue weighted by Gasteiger charge is -2.19. The summed E-state index contributed by atoms with van der Waals surface area (Å²) in [6, 6.07) is 16.1. The molecule has 0 radical (unpaired) electrons. The molecule has 1 aliphatic rings.